The van der Waals surface area contributed by atoms with E-state index >= 15 is 0 Å². The maximum Gasteiger partial charge on any atom is 0.332 e. The maximum absolute atomic E-state index is 11.7. The van der Waals surface area contributed by atoms with Crippen LogP contribution in [0.5, 0.6) is 5.75 Å². The van der Waals surface area contributed by atoms with Crippen LogP contribution in [0.4, 0.5) is 0 Å². The van der Waals surface area contributed by atoms with E-state index in [4.69, 9.17) is 14.9 Å². The molecule has 6 nitrogen and oxygen atoms in total. The molecular weight excluding hydrogens is 274 g/mol. The maximum atomic E-state index is 11.7. The van der Waals surface area contributed by atoms with E-state index < -0.39 is 12.1 Å². The van der Waals surface area contributed by atoms with Crippen molar-refractivity contribution in [2.24, 2.45) is 0 Å². The number of amides is 1. The van der Waals surface area contributed by atoms with Crippen molar-refractivity contribution in [3.05, 3.63) is 29.8 Å². The van der Waals surface area contributed by atoms with Crippen LogP contribution in [0.3, 0.4) is 0 Å². The average Bonchev–Trinajstić information content (AvgIpc) is 2.46. The number of rotatable bonds is 9. The first kappa shape index (κ1) is 17.0. The molecule has 1 aromatic rings. The Balaban J connectivity index is 2.35. The highest BCUT2D eigenvalue weighted by Crippen LogP contribution is 2.19. The number of carbonyl (C=O) groups is 2. The summed E-state index contributed by atoms with van der Waals surface area (Å²) < 4.78 is 5.48. The SMILES string of the molecule is CCOc1ccccc1CCC(=O)NCCC(O)C(=O)O. The Labute approximate surface area is 123 Å². The second kappa shape index (κ2) is 8.97. The number of aliphatic carboxylic acids is 1. The zero-order chi connectivity index (χ0) is 15.7. The van der Waals surface area contributed by atoms with Gasteiger partial charge in [0.25, 0.3) is 0 Å². The second-order valence-electron chi connectivity index (χ2n) is 4.53. The van der Waals surface area contributed by atoms with E-state index in [9.17, 15) is 9.59 Å². The van der Waals surface area contributed by atoms with Crippen LogP contribution in [0, 0.1) is 0 Å². The van der Waals surface area contributed by atoms with Gasteiger partial charge in [0.05, 0.1) is 6.61 Å². The summed E-state index contributed by atoms with van der Waals surface area (Å²) in [5.41, 5.74) is 0.958. The Hall–Kier alpha value is -2.08. The van der Waals surface area contributed by atoms with Gasteiger partial charge in [0.1, 0.15) is 5.75 Å². The molecule has 0 heterocycles. The lowest BCUT2D eigenvalue weighted by molar-refractivity contribution is -0.147. The van der Waals surface area contributed by atoms with E-state index in [1.54, 1.807) is 0 Å². The zero-order valence-corrected chi connectivity index (χ0v) is 12.0. The highest BCUT2D eigenvalue weighted by molar-refractivity contribution is 5.76. The summed E-state index contributed by atoms with van der Waals surface area (Å²) in [4.78, 5) is 22.1. The Morgan fingerprint density at radius 3 is 2.71 bits per heavy atom. The van der Waals surface area contributed by atoms with Crippen LogP contribution < -0.4 is 10.1 Å². The van der Waals surface area contributed by atoms with Crippen molar-refractivity contribution >= 4 is 11.9 Å². The van der Waals surface area contributed by atoms with Crippen LogP contribution >= 0.6 is 0 Å². The summed E-state index contributed by atoms with van der Waals surface area (Å²) in [6.07, 6.45) is -0.614. The molecular formula is C15H21NO5. The molecule has 0 bridgehead atoms. The lowest BCUT2D eigenvalue weighted by Crippen LogP contribution is -2.30. The lowest BCUT2D eigenvalue weighted by Gasteiger charge is -2.10. The summed E-state index contributed by atoms with van der Waals surface area (Å²) in [5.74, 6) is -0.692. The third-order valence-electron chi connectivity index (χ3n) is 2.92. The average molecular weight is 295 g/mol. The van der Waals surface area contributed by atoms with E-state index in [0.717, 1.165) is 11.3 Å². The molecule has 21 heavy (non-hydrogen) atoms. The first-order valence-electron chi connectivity index (χ1n) is 6.92. The van der Waals surface area contributed by atoms with Gasteiger partial charge < -0.3 is 20.3 Å². The molecule has 1 aromatic carbocycles. The van der Waals surface area contributed by atoms with Gasteiger partial charge >= 0.3 is 5.97 Å². The number of hydrogen-bond acceptors (Lipinski definition) is 4. The van der Waals surface area contributed by atoms with E-state index in [1.807, 2.05) is 31.2 Å². The van der Waals surface area contributed by atoms with Crippen molar-refractivity contribution in [3.63, 3.8) is 0 Å². The van der Waals surface area contributed by atoms with Gasteiger partial charge in [-0.25, -0.2) is 4.79 Å². The number of aliphatic hydroxyl groups is 1. The van der Waals surface area contributed by atoms with Crippen molar-refractivity contribution in [3.8, 4) is 5.75 Å². The van der Waals surface area contributed by atoms with Crippen LogP contribution in [0.2, 0.25) is 0 Å². The van der Waals surface area contributed by atoms with Gasteiger partial charge in [-0.2, -0.15) is 0 Å². The third kappa shape index (κ3) is 6.27. The molecule has 1 atom stereocenters. The molecule has 1 unspecified atom stereocenters. The van der Waals surface area contributed by atoms with Crippen LogP contribution in [-0.4, -0.2) is 41.3 Å². The van der Waals surface area contributed by atoms with Gasteiger partial charge in [-0.3, -0.25) is 4.79 Å². The van der Waals surface area contributed by atoms with Crippen molar-refractivity contribution < 1.29 is 24.5 Å². The number of aliphatic hydroxyl groups excluding tert-OH is 1. The fraction of sp³-hybridized carbons (Fsp3) is 0.467. The van der Waals surface area contributed by atoms with Crippen molar-refractivity contribution in [2.45, 2.75) is 32.3 Å². The predicted molar refractivity (Wildman–Crippen MR) is 77.2 cm³/mol. The number of aryl methyl sites for hydroxylation is 1. The van der Waals surface area contributed by atoms with Crippen LogP contribution in [0.1, 0.15) is 25.3 Å². The van der Waals surface area contributed by atoms with Crippen molar-refractivity contribution in [1.82, 2.24) is 5.32 Å². The van der Waals surface area contributed by atoms with E-state index in [-0.39, 0.29) is 25.3 Å². The van der Waals surface area contributed by atoms with E-state index in [1.165, 1.54) is 0 Å². The lowest BCUT2D eigenvalue weighted by atomic mass is 10.1. The van der Waals surface area contributed by atoms with Gasteiger partial charge in [-0.15, -0.1) is 0 Å². The number of benzene rings is 1. The molecule has 3 N–H and O–H groups in total. The molecule has 0 aromatic heterocycles. The van der Waals surface area contributed by atoms with Crippen LogP contribution in [0.25, 0.3) is 0 Å². The molecule has 1 rings (SSSR count). The van der Waals surface area contributed by atoms with Crippen LogP contribution in [0.15, 0.2) is 24.3 Å². The summed E-state index contributed by atoms with van der Waals surface area (Å²) in [5, 5.41) is 20.2. The number of carboxylic acids is 1. The van der Waals surface area contributed by atoms with Crippen molar-refractivity contribution in [2.75, 3.05) is 13.2 Å². The predicted octanol–water partition coefficient (Wildman–Crippen LogP) is 0.970. The first-order chi connectivity index (χ1) is 10.0. The minimum atomic E-state index is -1.44. The molecule has 0 aliphatic rings. The normalized spacial score (nSPS) is 11.7. The Morgan fingerprint density at radius 2 is 2.05 bits per heavy atom. The topological polar surface area (TPSA) is 95.9 Å². The largest absolute Gasteiger partial charge is 0.494 e. The molecule has 1 amide bonds. The number of nitrogens with one attached hydrogen (secondary N) is 1. The Kier molecular flexibility index (Phi) is 7.25. The molecule has 0 aliphatic heterocycles. The summed E-state index contributed by atoms with van der Waals surface area (Å²) in [7, 11) is 0. The minimum absolute atomic E-state index is 0.00337. The molecule has 0 aliphatic carbocycles. The molecule has 0 fully saturated rings. The number of hydrogen-bond donors (Lipinski definition) is 3. The van der Waals surface area contributed by atoms with E-state index in [0.29, 0.717) is 13.0 Å². The third-order valence-corrected chi connectivity index (χ3v) is 2.92. The summed E-state index contributed by atoms with van der Waals surface area (Å²) >= 11 is 0. The highest BCUT2D eigenvalue weighted by atomic mass is 16.5. The van der Waals surface area contributed by atoms with Crippen molar-refractivity contribution in [1.29, 1.82) is 0 Å². The van der Waals surface area contributed by atoms with Crippen LogP contribution in [-0.2, 0) is 16.0 Å². The minimum Gasteiger partial charge on any atom is -0.494 e. The van der Waals surface area contributed by atoms with Gasteiger partial charge in [-0.05, 0) is 25.0 Å². The van der Waals surface area contributed by atoms with Gasteiger partial charge in [0.2, 0.25) is 5.91 Å². The zero-order valence-electron chi connectivity index (χ0n) is 12.0. The smallest absolute Gasteiger partial charge is 0.332 e. The number of ether oxygens (including phenoxy) is 1. The molecule has 6 heteroatoms. The first-order valence-corrected chi connectivity index (χ1v) is 6.92. The summed E-state index contributed by atoms with van der Waals surface area (Å²) in [6.45, 7) is 2.60. The fourth-order valence-electron chi connectivity index (χ4n) is 1.82. The van der Waals surface area contributed by atoms with Gasteiger partial charge in [-0.1, -0.05) is 18.2 Å². The number of para-hydroxylation sites is 1. The standard InChI is InChI=1S/C15H21NO5/c1-2-21-13-6-4-3-5-11(13)7-8-14(18)16-10-9-12(17)15(19)20/h3-6,12,17H,2,7-10H2,1H3,(H,16,18)(H,19,20). The molecule has 0 saturated carbocycles. The highest BCUT2D eigenvalue weighted by Gasteiger charge is 2.13. The van der Waals surface area contributed by atoms with Gasteiger partial charge in [0.15, 0.2) is 6.10 Å². The Bertz CT molecular complexity index is 475. The molecule has 0 radical (unpaired) electrons. The Morgan fingerprint density at radius 1 is 1.33 bits per heavy atom. The summed E-state index contributed by atoms with van der Waals surface area (Å²) in [6, 6.07) is 7.53. The molecule has 0 spiro atoms. The second-order valence-corrected chi connectivity index (χ2v) is 4.53. The fourth-order valence-corrected chi connectivity index (χ4v) is 1.82. The number of carbonyl (C=O) groups excluding carboxylic acids is 1. The quantitative estimate of drug-likeness (QED) is 0.631. The molecule has 0 saturated heterocycles. The number of carboxylic acid groups (broad SMARTS) is 1. The monoisotopic (exact) mass is 295 g/mol. The molecule has 116 valence electrons. The van der Waals surface area contributed by atoms with E-state index in [2.05, 4.69) is 5.32 Å². The van der Waals surface area contributed by atoms with Gasteiger partial charge in [0, 0.05) is 19.4 Å².